The molecule has 0 spiro atoms. The maximum atomic E-state index is 10.7. The molecule has 1 rings (SSSR count). The van der Waals surface area contributed by atoms with Crippen LogP contribution in [-0.4, -0.2) is 38.8 Å². The van der Waals surface area contributed by atoms with Crippen LogP contribution in [0.3, 0.4) is 0 Å². The van der Waals surface area contributed by atoms with Gasteiger partial charge >= 0.3 is 5.97 Å². The van der Waals surface area contributed by atoms with Gasteiger partial charge < -0.3 is 15.0 Å². The third-order valence-corrected chi connectivity index (χ3v) is 2.89. The monoisotopic (exact) mass is 257 g/mol. The maximum absolute atomic E-state index is 10.7. The molecule has 0 saturated carbocycles. The molecular weight excluding hydrogens is 242 g/mol. The number of rotatable bonds is 6. The number of hydrogen-bond donors (Lipinski definition) is 2. The van der Waals surface area contributed by atoms with Crippen molar-refractivity contribution < 1.29 is 14.7 Å². The van der Waals surface area contributed by atoms with Gasteiger partial charge in [-0.05, 0) is 6.92 Å². The summed E-state index contributed by atoms with van der Waals surface area (Å²) in [5, 5.41) is 12.0. The van der Waals surface area contributed by atoms with Crippen molar-refractivity contribution in [1.29, 1.82) is 0 Å². The van der Waals surface area contributed by atoms with E-state index < -0.39 is 5.97 Å². The molecular formula is C10H15N3O3S. The molecule has 1 heterocycles. The number of aliphatic carboxylic acids is 1. The Morgan fingerprint density at radius 3 is 2.88 bits per heavy atom. The summed E-state index contributed by atoms with van der Waals surface area (Å²) in [5.41, 5.74) is 0.834. The quantitative estimate of drug-likeness (QED) is 0.725. The van der Waals surface area contributed by atoms with Crippen LogP contribution in [0, 0.1) is 6.92 Å². The van der Waals surface area contributed by atoms with Gasteiger partial charge in [0.05, 0.1) is 11.4 Å². The number of hydrogen-bond acceptors (Lipinski definition) is 4. The zero-order valence-corrected chi connectivity index (χ0v) is 10.6. The summed E-state index contributed by atoms with van der Waals surface area (Å²) in [6.45, 7) is 4.40. The molecule has 1 aromatic heterocycles. The fraction of sp³-hybridized carbons (Fsp3) is 0.500. The van der Waals surface area contributed by atoms with Crippen LogP contribution in [0.1, 0.15) is 12.6 Å². The Kier molecular flexibility index (Phi) is 5.02. The van der Waals surface area contributed by atoms with Gasteiger partial charge in [0.2, 0.25) is 5.91 Å². The number of amides is 1. The van der Waals surface area contributed by atoms with Gasteiger partial charge in [-0.15, -0.1) is 0 Å². The summed E-state index contributed by atoms with van der Waals surface area (Å²) >= 11 is 1.17. The minimum atomic E-state index is -0.871. The Morgan fingerprint density at radius 2 is 2.29 bits per heavy atom. The van der Waals surface area contributed by atoms with Crippen molar-refractivity contribution >= 4 is 23.6 Å². The lowest BCUT2D eigenvalue weighted by atomic mass is 10.5. The highest BCUT2D eigenvalue weighted by atomic mass is 32.2. The first-order valence-corrected chi connectivity index (χ1v) is 6.10. The lowest BCUT2D eigenvalue weighted by Crippen LogP contribution is -2.24. The Labute approximate surface area is 103 Å². The third-order valence-electron chi connectivity index (χ3n) is 1.91. The third kappa shape index (κ3) is 4.90. The number of nitrogens with zero attached hydrogens (tertiary/aromatic N) is 2. The molecule has 1 amide bonds. The van der Waals surface area contributed by atoms with Gasteiger partial charge in [0.1, 0.15) is 0 Å². The van der Waals surface area contributed by atoms with E-state index in [0.717, 1.165) is 5.69 Å². The number of nitrogens with one attached hydrogen (secondary N) is 1. The summed E-state index contributed by atoms with van der Waals surface area (Å²) in [4.78, 5) is 25.4. The van der Waals surface area contributed by atoms with E-state index in [9.17, 15) is 9.59 Å². The predicted octanol–water partition coefficient (Wildman–Crippen LogP) is 0.504. The van der Waals surface area contributed by atoms with Crippen molar-refractivity contribution in [3.63, 3.8) is 0 Å². The zero-order valence-electron chi connectivity index (χ0n) is 9.77. The second kappa shape index (κ2) is 6.29. The van der Waals surface area contributed by atoms with Crippen LogP contribution in [0.2, 0.25) is 0 Å². The molecule has 17 heavy (non-hydrogen) atoms. The lowest BCUT2D eigenvalue weighted by Gasteiger charge is -2.06. The fourth-order valence-corrected chi connectivity index (χ4v) is 2.05. The van der Waals surface area contributed by atoms with Gasteiger partial charge in [-0.2, -0.15) is 0 Å². The number of aryl methyl sites for hydroxylation is 1. The van der Waals surface area contributed by atoms with Crippen molar-refractivity contribution in [2.24, 2.45) is 0 Å². The summed E-state index contributed by atoms with van der Waals surface area (Å²) < 4.78 is 1.85. The molecule has 0 atom stereocenters. The minimum Gasteiger partial charge on any atom is -0.481 e. The van der Waals surface area contributed by atoms with Gasteiger partial charge in [0.15, 0.2) is 5.16 Å². The summed E-state index contributed by atoms with van der Waals surface area (Å²) in [6.07, 6.45) is 1.84. The molecule has 0 bridgehead atoms. The summed E-state index contributed by atoms with van der Waals surface area (Å²) in [7, 11) is 0. The van der Waals surface area contributed by atoms with E-state index in [1.54, 1.807) is 0 Å². The van der Waals surface area contributed by atoms with Gasteiger partial charge in [-0.1, -0.05) is 11.8 Å². The first kappa shape index (κ1) is 13.6. The smallest absolute Gasteiger partial charge is 0.313 e. The Morgan fingerprint density at radius 1 is 1.59 bits per heavy atom. The zero-order chi connectivity index (χ0) is 12.8. The molecule has 0 aliphatic carbocycles. The molecule has 7 heteroatoms. The van der Waals surface area contributed by atoms with E-state index in [1.807, 2.05) is 17.7 Å². The number of aromatic nitrogens is 2. The number of carbonyl (C=O) groups excluding carboxylic acids is 1. The van der Waals surface area contributed by atoms with E-state index in [4.69, 9.17) is 5.11 Å². The standard InChI is InChI=1S/C10H15N3O3S/c1-7-5-13(4-3-11-8(2)14)10(12-7)17-6-9(15)16/h5H,3-4,6H2,1-2H3,(H,11,14)(H,15,16). The van der Waals surface area contributed by atoms with Crippen molar-refractivity contribution in [2.75, 3.05) is 12.3 Å². The van der Waals surface area contributed by atoms with E-state index in [-0.39, 0.29) is 11.7 Å². The van der Waals surface area contributed by atoms with Crippen LogP contribution in [0.5, 0.6) is 0 Å². The molecule has 6 nitrogen and oxygen atoms in total. The van der Waals surface area contributed by atoms with Crippen LogP contribution in [0.25, 0.3) is 0 Å². The number of thioether (sulfide) groups is 1. The largest absolute Gasteiger partial charge is 0.481 e. The molecule has 0 fully saturated rings. The van der Waals surface area contributed by atoms with E-state index in [1.165, 1.54) is 18.7 Å². The van der Waals surface area contributed by atoms with Crippen molar-refractivity contribution in [2.45, 2.75) is 25.5 Å². The molecule has 0 aromatic carbocycles. The van der Waals surface area contributed by atoms with Crippen LogP contribution >= 0.6 is 11.8 Å². The number of carboxylic acids is 1. The molecule has 0 unspecified atom stereocenters. The summed E-state index contributed by atoms with van der Waals surface area (Å²) in [6, 6.07) is 0. The highest BCUT2D eigenvalue weighted by Crippen LogP contribution is 2.16. The SMILES string of the molecule is CC(=O)NCCn1cc(C)nc1SCC(=O)O. The highest BCUT2D eigenvalue weighted by Gasteiger charge is 2.08. The van der Waals surface area contributed by atoms with Crippen molar-refractivity contribution in [3.05, 3.63) is 11.9 Å². The number of imidazole rings is 1. The molecule has 0 radical (unpaired) electrons. The molecule has 0 aliphatic heterocycles. The Balaban J connectivity index is 2.57. The summed E-state index contributed by atoms with van der Waals surface area (Å²) in [5.74, 6) is -0.970. The van der Waals surface area contributed by atoms with Crippen LogP contribution in [0.15, 0.2) is 11.4 Å². The molecule has 0 saturated heterocycles. The Bertz CT molecular complexity index is 417. The molecule has 94 valence electrons. The van der Waals surface area contributed by atoms with E-state index in [0.29, 0.717) is 18.2 Å². The second-order valence-corrected chi connectivity index (χ2v) is 4.47. The highest BCUT2D eigenvalue weighted by molar-refractivity contribution is 7.99. The van der Waals surface area contributed by atoms with E-state index >= 15 is 0 Å². The number of carboxylic acid groups (broad SMARTS) is 1. The van der Waals surface area contributed by atoms with Gasteiger partial charge in [0, 0.05) is 26.2 Å². The molecule has 0 aliphatic rings. The van der Waals surface area contributed by atoms with Crippen LogP contribution in [0.4, 0.5) is 0 Å². The topological polar surface area (TPSA) is 84.2 Å². The Hall–Kier alpha value is -1.50. The van der Waals surface area contributed by atoms with Crippen molar-refractivity contribution in [1.82, 2.24) is 14.9 Å². The minimum absolute atomic E-state index is 0.0173. The predicted molar refractivity (Wildman–Crippen MR) is 64.0 cm³/mol. The number of carbonyl (C=O) groups is 2. The van der Waals surface area contributed by atoms with Gasteiger partial charge in [-0.25, -0.2) is 4.98 Å². The van der Waals surface area contributed by atoms with Crippen LogP contribution in [-0.2, 0) is 16.1 Å². The van der Waals surface area contributed by atoms with Crippen molar-refractivity contribution in [3.8, 4) is 0 Å². The first-order valence-electron chi connectivity index (χ1n) is 5.12. The molecule has 1 aromatic rings. The van der Waals surface area contributed by atoms with Gasteiger partial charge in [0.25, 0.3) is 0 Å². The lowest BCUT2D eigenvalue weighted by molar-refractivity contribution is -0.133. The second-order valence-electron chi connectivity index (χ2n) is 3.52. The molecule has 2 N–H and O–H groups in total. The average molecular weight is 257 g/mol. The van der Waals surface area contributed by atoms with E-state index in [2.05, 4.69) is 10.3 Å². The normalized spacial score (nSPS) is 10.2. The van der Waals surface area contributed by atoms with Gasteiger partial charge in [-0.3, -0.25) is 9.59 Å². The van der Waals surface area contributed by atoms with Crippen LogP contribution < -0.4 is 5.32 Å². The fourth-order valence-electron chi connectivity index (χ4n) is 1.28. The maximum Gasteiger partial charge on any atom is 0.313 e. The first-order chi connectivity index (χ1) is 7.99. The average Bonchev–Trinajstić information content (AvgIpc) is 2.55.